The van der Waals surface area contributed by atoms with Gasteiger partial charge in [0, 0.05) is 19.7 Å². The van der Waals surface area contributed by atoms with Crippen molar-refractivity contribution in [3.63, 3.8) is 0 Å². The van der Waals surface area contributed by atoms with E-state index in [2.05, 4.69) is 58.0 Å². The van der Waals surface area contributed by atoms with E-state index >= 15 is 0 Å². The van der Waals surface area contributed by atoms with Crippen molar-refractivity contribution in [3.05, 3.63) is 59.7 Å². The highest BCUT2D eigenvalue weighted by Gasteiger charge is 2.26. The summed E-state index contributed by atoms with van der Waals surface area (Å²) in [4.78, 5) is 13.8. The summed E-state index contributed by atoms with van der Waals surface area (Å²) >= 11 is 0. The average Bonchev–Trinajstić information content (AvgIpc) is 2.60. The van der Waals surface area contributed by atoms with Gasteiger partial charge >= 0.3 is 0 Å². The smallest absolute Gasteiger partial charge is 0.253 e. The largest absolute Gasteiger partial charge is 0.345 e. The first-order valence-corrected chi connectivity index (χ1v) is 8.70. The highest BCUT2D eigenvalue weighted by atomic mass is 16.2. The van der Waals surface area contributed by atoms with E-state index in [1.807, 2.05) is 18.2 Å². The molecule has 2 rings (SSSR count). The van der Waals surface area contributed by atoms with Gasteiger partial charge in [-0.2, -0.15) is 0 Å². The summed E-state index contributed by atoms with van der Waals surface area (Å²) in [5, 5.41) is 0. The first kappa shape index (κ1) is 18.3. The van der Waals surface area contributed by atoms with Crippen LogP contribution >= 0.6 is 0 Å². The Balaban J connectivity index is 2.32. The topological polar surface area (TPSA) is 20.3 Å². The number of amides is 1. The molecule has 128 valence electrons. The van der Waals surface area contributed by atoms with Crippen LogP contribution in [0, 0.1) is 5.92 Å². The summed E-state index contributed by atoms with van der Waals surface area (Å²) in [5.74, 6) is 0.663. The van der Waals surface area contributed by atoms with Gasteiger partial charge in [0.05, 0.1) is 0 Å². The lowest BCUT2D eigenvalue weighted by molar-refractivity contribution is 0.0827. The molecule has 0 aromatic heterocycles. The van der Waals surface area contributed by atoms with Gasteiger partial charge in [-0.3, -0.25) is 4.79 Å². The highest BCUT2D eigenvalue weighted by Crippen LogP contribution is 2.34. The molecule has 24 heavy (non-hydrogen) atoms. The maximum atomic E-state index is 12.1. The minimum atomic E-state index is 0.0337. The molecule has 1 atom stereocenters. The third-order valence-electron chi connectivity index (χ3n) is 5.32. The lowest BCUT2D eigenvalue weighted by Gasteiger charge is -2.32. The van der Waals surface area contributed by atoms with E-state index in [0.717, 1.165) is 16.7 Å². The second kappa shape index (κ2) is 7.21. The minimum absolute atomic E-state index is 0.0337. The molecule has 2 nitrogen and oxygen atoms in total. The number of hydrogen-bond donors (Lipinski definition) is 0. The summed E-state index contributed by atoms with van der Waals surface area (Å²) in [6.45, 7) is 9.18. The van der Waals surface area contributed by atoms with Gasteiger partial charge in [-0.15, -0.1) is 0 Å². The van der Waals surface area contributed by atoms with E-state index in [1.165, 1.54) is 12.0 Å². The summed E-state index contributed by atoms with van der Waals surface area (Å²) in [5.41, 5.74) is 4.47. The van der Waals surface area contributed by atoms with E-state index in [9.17, 15) is 4.79 Å². The molecule has 0 bridgehead atoms. The SMILES string of the molecule is CCC(C)C(C)(C)c1ccc(-c2cccc(C(=O)N(C)C)c2)cc1. The number of carbonyl (C=O) groups is 1. The van der Waals surface area contributed by atoms with Crippen LogP contribution in [0.2, 0.25) is 0 Å². The molecule has 2 aromatic carbocycles. The molecule has 0 spiro atoms. The number of benzene rings is 2. The molecule has 2 heteroatoms. The van der Waals surface area contributed by atoms with E-state index in [-0.39, 0.29) is 11.3 Å². The minimum Gasteiger partial charge on any atom is -0.345 e. The van der Waals surface area contributed by atoms with Crippen LogP contribution in [0.25, 0.3) is 11.1 Å². The summed E-state index contributed by atoms with van der Waals surface area (Å²) < 4.78 is 0. The molecule has 0 saturated carbocycles. The Hall–Kier alpha value is -2.09. The van der Waals surface area contributed by atoms with E-state index in [4.69, 9.17) is 0 Å². The summed E-state index contributed by atoms with van der Waals surface area (Å²) in [6, 6.07) is 16.6. The van der Waals surface area contributed by atoms with Crippen molar-refractivity contribution < 1.29 is 4.79 Å². The van der Waals surface area contributed by atoms with Crippen LogP contribution in [-0.4, -0.2) is 24.9 Å². The number of carbonyl (C=O) groups excluding carboxylic acids is 1. The fraction of sp³-hybridized carbons (Fsp3) is 0.409. The molecule has 1 amide bonds. The van der Waals surface area contributed by atoms with Gasteiger partial charge in [0.25, 0.3) is 5.91 Å². The summed E-state index contributed by atoms with van der Waals surface area (Å²) in [6.07, 6.45) is 1.17. The van der Waals surface area contributed by atoms with Crippen LogP contribution in [0.1, 0.15) is 50.0 Å². The first-order valence-electron chi connectivity index (χ1n) is 8.70. The van der Waals surface area contributed by atoms with Gasteiger partial charge in [0.2, 0.25) is 0 Å². The molecule has 0 radical (unpaired) electrons. The standard InChI is InChI=1S/C22H29NO/c1-7-16(2)22(3,4)20-13-11-17(12-14-20)18-9-8-10-19(15-18)21(24)23(5)6/h8-16H,7H2,1-6H3. The van der Waals surface area contributed by atoms with Crippen LogP contribution in [-0.2, 0) is 5.41 Å². The quantitative estimate of drug-likeness (QED) is 0.723. The zero-order chi connectivity index (χ0) is 17.9. The van der Waals surface area contributed by atoms with Crippen LogP contribution in [0.4, 0.5) is 0 Å². The molecule has 0 aliphatic rings. The maximum absolute atomic E-state index is 12.1. The summed E-state index contributed by atoms with van der Waals surface area (Å²) in [7, 11) is 3.56. The van der Waals surface area contributed by atoms with Crippen molar-refractivity contribution in [2.75, 3.05) is 14.1 Å². The lowest BCUT2D eigenvalue weighted by Crippen LogP contribution is -2.25. The zero-order valence-corrected chi connectivity index (χ0v) is 15.8. The molecule has 0 heterocycles. The fourth-order valence-corrected chi connectivity index (χ4v) is 2.98. The molecular weight excluding hydrogens is 294 g/mol. The van der Waals surface area contributed by atoms with Gasteiger partial charge in [0.1, 0.15) is 0 Å². The predicted molar refractivity (Wildman–Crippen MR) is 102 cm³/mol. The Kier molecular flexibility index (Phi) is 5.48. The van der Waals surface area contributed by atoms with Gasteiger partial charge in [0.15, 0.2) is 0 Å². The third kappa shape index (κ3) is 3.69. The first-order chi connectivity index (χ1) is 11.3. The average molecular weight is 323 g/mol. The monoisotopic (exact) mass is 323 g/mol. The molecule has 0 fully saturated rings. The molecule has 0 aliphatic carbocycles. The Bertz CT molecular complexity index is 698. The normalized spacial score (nSPS) is 12.8. The number of rotatable bonds is 5. The van der Waals surface area contributed by atoms with Crippen molar-refractivity contribution in [1.82, 2.24) is 4.90 Å². The Labute approximate surface area is 146 Å². The molecule has 2 aromatic rings. The molecule has 0 N–H and O–H groups in total. The van der Waals surface area contributed by atoms with Crippen LogP contribution in [0.5, 0.6) is 0 Å². The molecule has 0 saturated heterocycles. The van der Waals surface area contributed by atoms with Crippen molar-refractivity contribution in [2.24, 2.45) is 5.92 Å². The van der Waals surface area contributed by atoms with Gasteiger partial charge in [-0.05, 0) is 40.2 Å². The molecule has 1 unspecified atom stereocenters. The molecular formula is C22H29NO. The van der Waals surface area contributed by atoms with Crippen molar-refractivity contribution in [1.29, 1.82) is 0 Å². The maximum Gasteiger partial charge on any atom is 0.253 e. The number of hydrogen-bond acceptors (Lipinski definition) is 1. The zero-order valence-electron chi connectivity index (χ0n) is 15.8. The second-order valence-electron chi connectivity index (χ2n) is 7.39. The van der Waals surface area contributed by atoms with E-state index in [1.54, 1.807) is 19.0 Å². The van der Waals surface area contributed by atoms with Crippen LogP contribution in [0.3, 0.4) is 0 Å². The Morgan fingerprint density at radius 2 is 1.67 bits per heavy atom. The fourth-order valence-electron chi connectivity index (χ4n) is 2.98. The van der Waals surface area contributed by atoms with E-state index in [0.29, 0.717) is 5.92 Å². The van der Waals surface area contributed by atoms with Crippen LogP contribution < -0.4 is 0 Å². The lowest BCUT2D eigenvalue weighted by atomic mass is 9.73. The molecule has 0 aliphatic heterocycles. The third-order valence-corrected chi connectivity index (χ3v) is 5.32. The second-order valence-corrected chi connectivity index (χ2v) is 7.39. The van der Waals surface area contributed by atoms with Crippen LogP contribution in [0.15, 0.2) is 48.5 Å². The van der Waals surface area contributed by atoms with Crippen molar-refractivity contribution >= 4 is 5.91 Å². The highest BCUT2D eigenvalue weighted by molar-refractivity contribution is 5.95. The Morgan fingerprint density at radius 1 is 1.04 bits per heavy atom. The van der Waals surface area contributed by atoms with Crippen molar-refractivity contribution in [2.45, 2.75) is 39.5 Å². The predicted octanol–water partition coefficient (Wildman–Crippen LogP) is 5.38. The number of nitrogens with zero attached hydrogens (tertiary/aromatic N) is 1. The van der Waals surface area contributed by atoms with Gasteiger partial charge in [-0.1, -0.05) is 70.5 Å². The Morgan fingerprint density at radius 3 is 2.21 bits per heavy atom. The van der Waals surface area contributed by atoms with E-state index < -0.39 is 0 Å². The van der Waals surface area contributed by atoms with Gasteiger partial charge in [-0.25, -0.2) is 0 Å². The van der Waals surface area contributed by atoms with Crippen molar-refractivity contribution in [3.8, 4) is 11.1 Å². The van der Waals surface area contributed by atoms with Gasteiger partial charge < -0.3 is 4.90 Å².